The van der Waals surface area contributed by atoms with Crippen LogP contribution in [0.3, 0.4) is 0 Å². The summed E-state index contributed by atoms with van der Waals surface area (Å²) in [6.45, 7) is 7.04. The van der Waals surface area contributed by atoms with E-state index in [0.29, 0.717) is 6.61 Å². The monoisotopic (exact) mass is 308 g/mol. The summed E-state index contributed by atoms with van der Waals surface area (Å²) in [5.74, 6) is 0. The maximum absolute atomic E-state index is 10.2. The van der Waals surface area contributed by atoms with Crippen LogP contribution in [-0.2, 0) is 9.09 Å². The first-order valence-corrected chi connectivity index (χ1v) is 9.81. The molecule has 0 spiro atoms. The van der Waals surface area contributed by atoms with Crippen LogP contribution in [0.5, 0.6) is 0 Å². The Bertz CT molecular complexity index is 185. The Morgan fingerprint density at radius 1 is 0.700 bits per heavy atom. The lowest BCUT2D eigenvalue weighted by atomic mass is 10.1. The summed E-state index contributed by atoms with van der Waals surface area (Å²) in [5.41, 5.74) is 0. The van der Waals surface area contributed by atoms with E-state index in [9.17, 15) is 4.57 Å². The van der Waals surface area contributed by atoms with Crippen molar-refractivity contribution >= 4 is 8.25 Å². The summed E-state index contributed by atoms with van der Waals surface area (Å²) in [5, 5.41) is 0. The Morgan fingerprint density at radius 3 is 1.45 bits per heavy atom. The lowest BCUT2D eigenvalue weighted by Gasteiger charge is -2.02. The zero-order valence-corrected chi connectivity index (χ0v) is 15.0. The van der Waals surface area contributed by atoms with Crippen LogP contribution in [0.25, 0.3) is 0 Å². The van der Waals surface area contributed by atoms with Crippen LogP contribution in [0.2, 0.25) is 0 Å². The van der Waals surface area contributed by atoms with Crippen LogP contribution in [0, 0.1) is 0 Å². The van der Waals surface area contributed by atoms with Crippen molar-refractivity contribution in [1.29, 1.82) is 0 Å². The van der Waals surface area contributed by atoms with Gasteiger partial charge < -0.3 is 9.42 Å². The molecular formula is C16H37O3P. The Labute approximate surface area is 127 Å². The first-order chi connectivity index (χ1) is 9.68. The molecule has 1 unspecified atom stereocenters. The van der Waals surface area contributed by atoms with Gasteiger partial charge in [-0.2, -0.15) is 0 Å². The maximum atomic E-state index is 10.2. The average Bonchev–Trinajstić information content (AvgIpc) is 2.44. The topological polar surface area (TPSA) is 46.5 Å². The number of hydrogen-bond acceptors (Lipinski definition) is 2. The second-order valence-electron chi connectivity index (χ2n) is 5.30. The highest BCUT2D eigenvalue weighted by atomic mass is 31.1. The Morgan fingerprint density at radius 2 is 1.10 bits per heavy atom. The normalized spacial score (nSPS) is 11.8. The molecule has 0 rings (SSSR count). The Hall–Kier alpha value is 0.150. The molecule has 1 N–H and O–H groups in total. The van der Waals surface area contributed by atoms with E-state index < -0.39 is 8.25 Å². The van der Waals surface area contributed by atoms with Gasteiger partial charge in [0.05, 0.1) is 6.61 Å². The fourth-order valence-electron chi connectivity index (χ4n) is 1.75. The smallest absolute Gasteiger partial charge is 0.316 e. The molecule has 0 amide bonds. The minimum Gasteiger partial charge on any atom is -0.326 e. The predicted octanol–water partition coefficient (Wildman–Crippen LogP) is 6.11. The molecule has 0 aromatic rings. The molecule has 20 heavy (non-hydrogen) atoms. The lowest BCUT2D eigenvalue weighted by Crippen LogP contribution is -1.87. The molecule has 0 bridgehead atoms. The molecule has 0 fully saturated rings. The quantitative estimate of drug-likeness (QED) is 0.330. The van der Waals surface area contributed by atoms with Crippen LogP contribution < -0.4 is 0 Å². The van der Waals surface area contributed by atoms with Gasteiger partial charge in [-0.15, -0.1) is 0 Å². The van der Waals surface area contributed by atoms with Gasteiger partial charge in [0.25, 0.3) is 0 Å². The molecule has 124 valence electrons. The highest BCUT2D eigenvalue weighted by molar-refractivity contribution is 7.32. The molecule has 0 heterocycles. The summed E-state index contributed by atoms with van der Waals surface area (Å²) in [6.07, 6.45) is 15.3. The van der Waals surface area contributed by atoms with Gasteiger partial charge in [-0.1, -0.05) is 91.4 Å². The molecule has 3 nitrogen and oxygen atoms in total. The molecule has 0 aliphatic rings. The zero-order valence-electron chi connectivity index (χ0n) is 14.0. The van der Waals surface area contributed by atoms with Gasteiger partial charge in [0.15, 0.2) is 0 Å². The van der Waals surface area contributed by atoms with Crippen molar-refractivity contribution < 1.29 is 14.0 Å². The summed E-state index contributed by atoms with van der Waals surface area (Å²) in [7, 11) is -2.69. The van der Waals surface area contributed by atoms with E-state index >= 15 is 0 Å². The largest absolute Gasteiger partial charge is 0.326 e. The van der Waals surface area contributed by atoms with E-state index in [1.54, 1.807) is 0 Å². The van der Waals surface area contributed by atoms with E-state index in [4.69, 9.17) is 4.89 Å². The second kappa shape index (κ2) is 21.4. The average molecular weight is 308 g/mol. The third-order valence-electron chi connectivity index (χ3n) is 3.22. The van der Waals surface area contributed by atoms with Gasteiger partial charge >= 0.3 is 8.25 Å². The van der Waals surface area contributed by atoms with Crippen molar-refractivity contribution in [2.24, 2.45) is 0 Å². The maximum Gasteiger partial charge on any atom is 0.316 e. The Balaban J connectivity index is 0. The third kappa shape index (κ3) is 26.7. The molecule has 4 heteroatoms. The minimum absolute atomic E-state index is 0.435. The number of unbranched alkanes of at least 4 members (excludes halogenated alkanes) is 10. The van der Waals surface area contributed by atoms with Crippen molar-refractivity contribution in [1.82, 2.24) is 0 Å². The summed E-state index contributed by atoms with van der Waals surface area (Å²) in [4.78, 5) is 8.42. The van der Waals surface area contributed by atoms with Gasteiger partial charge in [0.1, 0.15) is 0 Å². The molecule has 0 saturated heterocycles. The molecule has 0 saturated carbocycles. The summed E-state index contributed by atoms with van der Waals surface area (Å²) in [6, 6.07) is 0. The molecule has 0 radical (unpaired) electrons. The van der Waals surface area contributed by atoms with Crippen LogP contribution >= 0.6 is 8.25 Å². The highest BCUT2D eigenvalue weighted by Gasteiger charge is 1.94. The molecule has 0 aromatic carbocycles. The van der Waals surface area contributed by atoms with Crippen LogP contribution in [0.15, 0.2) is 0 Å². The van der Waals surface area contributed by atoms with E-state index in [-0.39, 0.29) is 0 Å². The molecular weight excluding hydrogens is 271 g/mol. The Kier molecular flexibility index (Phi) is 24.1. The third-order valence-corrected chi connectivity index (χ3v) is 3.67. The van der Waals surface area contributed by atoms with Crippen molar-refractivity contribution in [2.45, 2.75) is 97.8 Å². The fraction of sp³-hybridized carbons (Fsp3) is 1.00. The highest BCUT2D eigenvalue weighted by Crippen LogP contribution is 2.16. The lowest BCUT2D eigenvalue weighted by molar-refractivity contribution is 0.273. The molecule has 0 aliphatic carbocycles. The standard InChI is InChI=1S/C12H27O3P.C4H10/c1-2-3-4-5-6-7-8-9-10-11-12-15-16(13)14;1-3-4-2/h16H,2-12H2,1H3,(H,13,14);3-4H2,1-2H3. The van der Waals surface area contributed by atoms with E-state index in [1.165, 1.54) is 64.2 Å². The van der Waals surface area contributed by atoms with Crippen LogP contribution in [0.4, 0.5) is 0 Å². The summed E-state index contributed by atoms with van der Waals surface area (Å²) >= 11 is 0. The van der Waals surface area contributed by atoms with Gasteiger partial charge in [0.2, 0.25) is 0 Å². The predicted molar refractivity (Wildman–Crippen MR) is 89.6 cm³/mol. The van der Waals surface area contributed by atoms with Crippen molar-refractivity contribution in [3.05, 3.63) is 0 Å². The van der Waals surface area contributed by atoms with Gasteiger partial charge in [0, 0.05) is 0 Å². The first-order valence-electron chi connectivity index (χ1n) is 8.54. The second-order valence-corrected chi connectivity index (χ2v) is 6.12. The first kappa shape index (κ1) is 22.4. The van der Waals surface area contributed by atoms with Crippen molar-refractivity contribution in [3.8, 4) is 0 Å². The van der Waals surface area contributed by atoms with E-state index in [1.807, 2.05) is 0 Å². The van der Waals surface area contributed by atoms with Crippen molar-refractivity contribution in [3.63, 3.8) is 0 Å². The van der Waals surface area contributed by atoms with Crippen LogP contribution in [0.1, 0.15) is 97.8 Å². The number of hydrogen-bond donors (Lipinski definition) is 1. The SMILES string of the molecule is CCCC.CCCCCCCCCCCCO[PH](=O)O. The summed E-state index contributed by atoms with van der Waals surface area (Å²) < 4.78 is 14.8. The molecule has 0 aliphatic heterocycles. The van der Waals surface area contributed by atoms with E-state index in [0.717, 1.165) is 12.8 Å². The zero-order chi connectivity index (χ0) is 15.5. The van der Waals surface area contributed by atoms with Crippen LogP contribution in [-0.4, -0.2) is 11.5 Å². The van der Waals surface area contributed by atoms with Crippen molar-refractivity contribution in [2.75, 3.05) is 6.61 Å². The minimum atomic E-state index is -2.69. The van der Waals surface area contributed by atoms with Gasteiger partial charge in [-0.3, -0.25) is 4.57 Å². The number of rotatable bonds is 13. The van der Waals surface area contributed by atoms with E-state index in [2.05, 4.69) is 25.3 Å². The van der Waals surface area contributed by atoms with Gasteiger partial charge in [-0.05, 0) is 6.42 Å². The molecule has 1 atom stereocenters. The van der Waals surface area contributed by atoms with Gasteiger partial charge in [-0.25, -0.2) is 0 Å². The molecule has 0 aromatic heterocycles. The fourth-order valence-corrected chi connectivity index (χ4v) is 2.07.